The van der Waals surface area contributed by atoms with Crippen LogP contribution in [0.3, 0.4) is 0 Å². The van der Waals surface area contributed by atoms with Crippen LogP contribution >= 0.6 is 37.2 Å². The first-order chi connectivity index (χ1) is 16.0. The van der Waals surface area contributed by atoms with E-state index in [0.717, 1.165) is 0 Å². The van der Waals surface area contributed by atoms with Crippen LogP contribution in [0.15, 0.2) is 0 Å². The molecule has 0 unspecified atom stereocenters. The van der Waals surface area contributed by atoms with Crippen molar-refractivity contribution in [1.29, 1.82) is 0 Å². The van der Waals surface area contributed by atoms with E-state index >= 15 is 0 Å². The molecule has 2 rings (SSSR count). The topological polar surface area (TPSA) is 294 Å². The Kier molecular flexibility index (Phi) is 18.6. The molecule has 14 N–H and O–H groups in total. The van der Waals surface area contributed by atoms with Gasteiger partial charge in [0.15, 0.2) is 12.6 Å². The maximum absolute atomic E-state index is 10.9. The number of hydrogen-bond acceptors (Lipinski definition) is 16. The fourth-order valence-electron chi connectivity index (χ4n) is 3.72. The van der Waals surface area contributed by atoms with Crippen LogP contribution in [0.4, 0.5) is 0 Å². The second-order valence-electron chi connectivity index (χ2n) is 8.23. The summed E-state index contributed by atoms with van der Waals surface area (Å²) in [7, 11) is 0. The third-order valence-corrected chi connectivity index (χ3v) is 5.87. The molecule has 0 aromatic rings. The van der Waals surface area contributed by atoms with E-state index in [-0.39, 0.29) is 43.5 Å². The predicted octanol–water partition coefficient (Wildman–Crippen LogP) is -6.57. The monoisotopic (exact) mass is 609 g/mol. The lowest BCUT2D eigenvalue weighted by Crippen LogP contribution is -2.68. The Hall–Kier alpha value is -0.0600. The maximum Gasteiger partial charge on any atom is 0.176 e. The van der Waals surface area contributed by atoms with Gasteiger partial charge in [-0.2, -0.15) is 0 Å². The molecule has 0 aromatic heterocycles. The molecule has 2 aliphatic rings. The zero-order valence-corrected chi connectivity index (χ0v) is 21.8. The van der Waals surface area contributed by atoms with Gasteiger partial charge in [-0.3, -0.25) is 0 Å². The lowest BCUT2D eigenvalue weighted by Gasteiger charge is -2.47. The number of carbonyl (C=O) groups is 1. The van der Waals surface area contributed by atoms with Crippen LogP contribution in [0, 0.1) is 0 Å². The Bertz CT molecular complexity index is 647. The van der Waals surface area contributed by atoms with Crippen molar-refractivity contribution >= 4 is 43.5 Å². The number of nitrogens with two attached hydrogens (primary N) is 3. The van der Waals surface area contributed by atoms with Gasteiger partial charge in [0.1, 0.15) is 61.2 Å². The van der Waals surface area contributed by atoms with Crippen molar-refractivity contribution in [2.24, 2.45) is 17.2 Å². The number of ether oxygens (including phenoxy) is 4. The van der Waals surface area contributed by atoms with Gasteiger partial charge in [-0.1, -0.05) is 0 Å². The van der Waals surface area contributed by atoms with Gasteiger partial charge in [0.05, 0.1) is 37.9 Å². The molecule has 0 spiro atoms. The highest BCUT2D eigenvalue weighted by Crippen LogP contribution is 2.29. The molecule has 0 aromatic carbocycles. The van der Waals surface area contributed by atoms with Crippen LogP contribution in [-0.2, 0) is 23.7 Å². The van der Waals surface area contributed by atoms with Crippen LogP contribution in [0.25, 0.3) is 0 Å². The van der Waals surface area contributed by atoms with E-state index in [4.69, 9.17) is 36.1 Å². The summed E-state index contributed by atoms with van der Waals surface area (Å²) in [6.07, 6.45) is -16.7. The molecular formula is C18H38Cl3N3O13. The van der Waals surface area contributed by atoms with Gasteiger partial charge < -0.3 is 81.8 Å². The Morgan fingerprint density at radius 2 is 1.35 bits per heavy atom. The number of aliphatic hydroxyl groups is 8. The highest BCUT2D eigenvalue weighted by atomic mass is 35.5. The largest absolute Gasteiger partial charge is 0.394 e. The van der Waals surface area contributed by atoms with Crippen molar-refractivity contribution in [3.63, 3.8) is 0 Å². The van der Waals surface area contributed by atoms with Gasteiger partial charge in [0, 0.05) is 0 Å². The number of hydrogen-bond donors (Lipinski definition) is 11. The summed E-state index contributed by atoms with van der Waals surface area (Å²) >= 11 is 0. The van der Waals surface area contributed by atoms with Gasteiger partial charge in [-0.25, -0.2) is 0 Å². The number of aldehydes is 1. The number of rotatable bonds is 11. The van der Waals surface area contributed by atoms with Crippen molar-refractivity contribution in [3.05, 3.63) is 0 Å². The van der Waals surface area contributed by atoms with Crippen LogP contribution in [0.5, 0.6) is 0 Å². The van der Waals surface area contributed by atoms with Crippen LogP contribution < -0.4 is 17.2 Å². The number of carbonyl (C=O) groups excluding carboxylic acids is 1. The molecule has 2 saturated heterocycles. The van der Waals surface area contributed by atoms with Crippen molar-refractivity contribution in [2.45, 2.75) is 85.6 Å². The van der Waals surface area contributed by atoms with E-state index in [1.54, 1.807) is 0 Å². The molecule has 2 aliphatic heterocycles. The molecule has 2 fully saturated rings. The van der Waals surface area contributed by atoms with E-state index in [0.29, 0.717) is 0 Å². The Labute approximate surface area is 230 Å². The zero-order valence-electron chi connectivity index (χ0n) is 19.4. The van der Waals surface area contributed by atoms with E-state index in [1.165, 1.54) is 0 Å². The number of halogens is 3. The standard InChI is InChI=1S/C18H35N3O13.3ClH/c19-5(1-22)11(27)15(6(26)2-23)33-18-10(21)14(30)16(8(4-25)32-18)34-17-9(20)13(29)12(28)7(3-24)31-17;;;/h1,5-18,23-30H,2-4,19-21H2;3*1H/t5-,6+,7+,8+,9+,10+,11+,12+,13+,14+,15+,16+,17-,18-;;;/m0.../s1. The first-order valence-electron chi connectivity index (χ1n) is 10.6. The van der Waals surface area contributed by atoms with E-state index in [2.05, 4.69) is 0 Å². The average molecular weight is 611 g/mol. The molecule has 16 nitrogen and oxygen atoms in total. The lowest BCUT2D eigenvalue weighted by atomic mass is 9.95. The van der Waals surface area contributed by atoms with Crippen molar-refractivity contribution in [2.75, 3.05) is 19.8 Å². The highest BCUT2D eigenvalue weighted by Gasteiger charge is 2.50. The van der Waals surface area contributed by atoms with Gasteiger partial charge in [0.2, 0.25) is 0 Å². The fraction of sp³-hybridized carbons (Fsp3) is 0.944. The van der Waals surface area contributed by atoms with Crippen LogP contribution in [-0.4, -0.2) is 153 Å². The zero-order chi connectivity index (χ0) is 25.7. The average Bonchev–Trinajstić information content (AvgIpc) is 2.84. The minimum atomic E-state index is -1.79. The predicted molar refractivity (Wildman–Crippen MR) is 130 cm³/mol. The van der Waals surface area contributed by atoms with E-state index < -0.39 is 105 Å². The molecular weight excluding hydrogens is 573 g/mol. The summed E-state index contributed by atoms with van der Waals surface area (Å²) in [5.41, 5.74) is 17.3. The third kappa shape index (κ3) is 8.97. The van der Waals surface area contributed by atoms with Gasteiger partial charge in [-0.15, -0.1) is 37.2 Å². The second kappa shape index (κ2) is 17.6. The summed E-state index contributed by atoms with van der Waals surface area (Å²) < 4.78 is 21.9. The fourth-order valence-corrected chi connectivity index (χ4v) is 3.72. The summed E-state index contributed by atoms with van der Waals surface area (Å²) in [6, 6.07) is -4.23. The van der Waals surface area contributed by atoms with Gasteiger partial charge in [-0.05, 0) is 0 Å². The Morgan fingerprint density at radius 1 is 0.838 bits per heavy atom. The van der Waals surface area contributed by atoms with E-state index in [1.807, 2.05) is 0 Å². The normalized spacial score (nSPS) is 39.1. The first-order valence-corrected chi connectivity index (χ1v) is 10.6. The molecule has 0 radical (unpaired) electrons. The quantitative estimate of drug-likeness (QED) is 0.0969. The maximum atomic E-state index is 10.9. The minimum absolute atomic E-state index is 0. The molecule has 14 atom stereocenters. The van der Waals surface area contributed by atoms with Gasteiger partial charge >= 0.3 is 0 Å². The first kappa shape index (κ1) is 39.1. The summed E-state index contributed by atoms with van der Waals surface area (Å²) in [5.74, 6) is 0. The highest BCUT2D eigenvalue weighted by molar-refractivity contribution is 5.86. The SMILES string of the molecule is Cl.Cl.Cl.N[C@H]1[C@H](O[C@H]2[C@H](O)[C@@H](N)[C@H](O[C@@H]([C@H](O)[C@@H](N)C=O)[C@H](O)CO)O[C@@H]2CO)O[C@H](CO)[C@@H](O)[C@@H]1O. The molecule has 37 heavy (non-hydrogen) atoms. The van der Waals surface area contributed by atoms with Crippen LogP contribution in [0.2, 0.25) is 0 Å². The Balaban J connectivity index is 0. The molecule has 2 heterocycles. The second-order valence-corrected chi connectivity index (χ2v) is 8.23. The summed E-state index contributed by atoms with van der Waals surface area (Å²) in [4.78, 5) is 10.9. The minimum Gasteiger partial charge on any atom is -0.394 e. The molecule has 0 bridgehead atoms. The van der Waals surface area contributed by atoms with Gasteiger partial charge in [0.25, 0.3) is 0 Å². The number of aliphatic hydroxyl groups excluding tert-OH is 8. The summed E-state index contributed by atoms with van der Waals surface area (Å²) in [5, 5.41) is 79.3. The summed E-state index contributed by atoms with van der Waals surface area (Å²) in [6.45, 7) is -2.31. The molecule has 224 valence electrons. The van der Waals surface area contributed by atoms with Crippen LogP contribution in [0.1, 0.15) is 0 Å². The molecule has 0 amide bonds. The lowest BCUT2D eigenvalue weighted by molar-refractivity contribution is -0.338. The molecule has 0 saturated carbocycles. The van der Waals surface area contributed by atoms with Crippen molar-refractivity contribution in [1.82, 2.24) is 0 Å². The third-order valence-electron chi connectivity index (χ3n) is 5.87. The Morgan fingerprint density at radius 3 is 1.84 bits per heavy atom. The van der Waals surface area contributed by atoms with Crippen molar-refractivity contribution < 1.29 is 64.6 Å². The molecule has 19 heteroatoms. The molecule has 0 aliphatic carbocycles. The van der Waals surface area contributed by atoms with Crippen molar-refractivity contribution in [3.8, 4) is 0 Å². The van der Waals surface area contributed by atoms with E-state index in [9.17, 15) is 45.6 Å². The smallest absolute Gasteiger partial charge is 0.176 e.